The Morgan fingerprint density at radius 1 is 1.08 bits per heavy atom. The van der Waals surface area contributed by atoms with Gasteiger partial charge in [-0.3, -0.25) is 9.59 Å². The first-order chi connectivity index (χ1) is 12.1. The summed E-state index contributed by atoms with van der Waals surface area (Å²) in [4.78, 5) is 26.9. The zero-order chi connectivity index (χ0) is 17.8. The van der Waals surface area contributed by atoms with E-state index in [1.807, 2.05) is 32.0 Å². The van der Waals surface area contributed by atoms with E-state index in [9.17, 15) is 9.59 Å². The van der Waals surface area contributed by atoms with Crippen molar-refractivity contribution < 1.29 is 9.59 Å². The molecule has 1 aliphatic heterocycles. The van der Waals surface area contributed by atoms with Crippen LogP contribution in [0.2, 0.25) is 0 Å². The lowest BCUT2D eigenvalue weighted by Gasteiger charge is -2.32. The summed E-state index contributed by atoms with van der Waals surface area (Å²) >= 11 is 0. The summed E-state index contributed by atoms with van der Waals surface area (Å²) in [7, 11) is 0. The molecule has 0 aliphatic carbocycles. The van der Waals surface area contributed by atoms with Gasteiger partial charge in [-0.25, -0.2) is 0 Å². The van der Waals surface area contributed by atoms with Crippen LogP contribution in [0.25, 0.3) is 0 Å². The van der Waals surface area contributed by atoms with Gasteiger partial charge in [-0.15, -0.1) is 10.2 Å². The first-order valence-corrected chi connectivity index (χ1v) is 8.24. The Labute approximate surface area is 146 Å². The fourth-order valence-corrected chi connectivity index (χ4v) is 2.74. The average Bonchev–Trinajstić information content (AvgIpc) is 2.65. The Bertz CT molecular complexity index is 768. The van der Waals surface area contributed by atoms with Crippen LogP contribution in [0.1, 0.15) is 21.6 Å². The van der Waals surface area contributed by atoms with E-state index in [0.29, 0.717) is 32.0 Å². The molecule has 0 spiro atoms. The number of nitrogens with one attached hydrogen (secondary N) is 1. The number of carbonyl (C=O) groups excluding carboxylic acids is 2. The van der Waals surface area contributed by atoms with E-state index in [2.05, 4.69) is 20.4 Å². The molecule has 0 radical (unpaired) electrons. The molecule has 25 heavy (non-hydrogen) atoms. The van der Waals surface area contributed by atoms with Crippen LogP contribution in [0.15, 0.2) is 30.3 Å². The standard InChI is InChI=1S/C18H21N5O2/c1-13-4-3-5-15(14(13)2)19-18(25)16-6-7-17(21-20-16)23-10-8-22(12-24)9-11-23/h3-7,12H,8-11H2,1-2H3,(H,19,25). The van der Waals surface area contributed by atoms with Crippen LogP contribution in [0.5, 0.6) is 0 Å². The molecule has 1 aromatic heterocycles. The van der Waals surface area contributed by atoms with Crippen molar-refractivity contribution in [1.82, 2.24) is 15.1 Å². The molecule has 1 aromatic carbocycles. The van der Waals surface area contributed by atoms with Gasteiger partial charge in [-0.05, 0) is 43.2 Å². The number of carbonyl (C=O) groups is 2. The molecule has 0 unspecified atom stereocenters. The number of nitrogens with zero attached hydrogens (tertiary/aromatic N) is 4. The zero-order valence-electron chi connectivity index (χ0n) is 14.4. The molecule has 3 rings (SSSR count). The fourth-order valence-electron chi connectivity index (χ4n) is 2.74. The number of aryl methyl sites for hydroxylation is 1. The molecule has 1 aliphatic rings. The number of benzene rings is 1. The summed E-state index contributed by atoms with van der Waals surface area (Å²) in [5.41, 5.74) is 3.21. The molecular formula is C18H21N5O2. The second-order valence-corrected chi connectivity index (χ2v) is 6.11. The van der Waals surface area contributed by atoms with Crippen molar-refractivity contribution in [2.45, 2.75) is 13.8 Å². The van der Waals surface area contributed by atoms with Gasteiger partial charge in [0.2, 0.25) is 6.41 Å². The number of amides is 2. The summed E-state index contributed by atoms with van der Waals surface area (Å²) in [6.45, 7) is 6.73. The van der Waals surface area contributed by atoms with Gasteiger partial charge in [0.05, 0.1) is 0 Å². The number of anilines is 2. The van der Waals surface area contributed by atoms with Crippen molar-refractivity contribution in [3.8, 4) is 0 Å². The van der Waals surface area contributed by atoms with E-state index in [4.69, 9.17) is 0 Å². The third-order valence-electron chi connectivity index (χ3n) is 4.52. The predicted octanol–water partition coefficient (Wildman–Crippen LogP) is 1.62. The third kappa shape index (κ3) is 3.76. The number of hydrogen-bond acceptors (Lipinski definition) is 5. The van der Waals surface area contributed by atoms with Crippen molar-refractivity contribution in [3.05, 3.63) is 47.2 Å². The lowest BCUT2D eigenvalue weighted by molar-refractivity contribution is -0.118. The molecule has 0 bridgehead atoms. The molecule has 2 heterocycles. The van der Waals surface area contributed by atoms with Gasteiger partial charge in [0, 0.05) is 31.9 Å². The summed E-state index contributed by atoms with van der Waals surface area (Å²) in [6.07, 6.45) is 0.865. The van der Waals surface area contributed by atoms with Gasteiger partial charge >= 0.3 is 0 Å². The van der Waals surface area contributed by atoms with E-state index in [-0.39, 0.29) is 11.6 Å². The van der Waals surface area contributed by atoms with E-state index >= 15 is 0 Å². The molecular weight excluding hydrogens is 318 g/mol. The average molecular weight is 339 g/mol. The van der Waals surface area contributed by atoms with Gasteiger partial charge in [-0.2, -0.15) is 0 Å². The predicted molar refractivity (Wildman–Crippen MR) is 95.8 cm³/mol. The van der Waals surface area contributed by atoms with Gasteiger partial charge in [0.25, 0.3) is 5.91 Å². The summed E-state index contributed by atoms with van der Waals surface area (Å²) < 4.78 is 0. The van der Waals surface area contributed by atoms with Crippen molar-refractivity contribution in [2.75, 3.05) is 36.4 Å². The fraction of sp³-hybridized carbons (Fsp3) is 0.333. The van der Waals surface area contributed by atoms with Gasteiger partial charge in [0.15, 0.2) is 11.5 Å². The molecule has 130 valence electrons. The molecule has 0 saturated carbocycles. The first kappa shape index (κ1) is 16.9. The third-order valence-corrected chi connectivity index (χ3v) is 4.52. The molecule has 2 aromatic rings. The monoisotopic (exact) mass is 339 g/mol. The Balaban J connectivity index is 1.67. The van der Waals surface area contributed by atoms with E-state index in [1.165, 1.54) is 0 Å². The summed E-state index contributed by atoms with van der Waals surface area (Å²) in [6, 6.07) is 9.25. The molecule has 1 N–H and O–H groups in total. The lowest BCUT2D eigenvalue weighted by atomic mass is 10.1. The van der Waals surface area contributed by atoms with Gasteiger partial charge in [0.1, 0.15) is 0 Å². The highest BCUT2D eigenvalue weighted by Gasteiger charge is 2.18. The maximum absolute atomic E-state index is 12.4. The Morgan fingerprint density at radius 2 is 1.84 bits per heavy atom. The number of piperazine rings is 1. The van der Waals surface area contributed by atoms with Gasteiger partial charge < -0.3 is 15.1 Å². The Hall–Kier alpha value is -2.96. The minimum absolute atomic E-state index is 0.274. The Morgan fingerprint density at radius 3 is 2.48 bits per heavy atom. The van der Waals surface area contributed by atoms with Crippen molar-refractivity contribution in [3.63, 3.8) is 0 Å². The quantitative estimate of drug-likeness (QED) is 0.857. The maximum Gasteiger partial charge on any atom is 0.276 e. The highest BCUT2D eigenvalue weighted by Crippen LogP contribution is 2.19. The molecule has 0 atom stereocenters. The second-order valence-electron chi connectivity index (χ2n) is 6.11. The van der Waals surface area contributed by atoms with Crippen LogP contribution >= 0.6 is 0 Å². The van der Waals surface area contributed by atoms with E-state index in [0.717, 1.165) is 23.2 Å². The molecule has 2 amide bonds. The maximum atomic E-state index is 12.4. The largest absolute Gasteiger partial charge is 0.352 e. The SMILES string of the molecule is Cc1cccc(NC(=O)c2ccc(N3CCN(C=O)CC3)nn2)c1C. The van der Waals surface area contributed by atoms with E-state index in [1.54, 1.807) is 17.0 Å². The second kappa shape index (κ2) is 7.29. The van der Waals surface area contributed by atoms with Crippen LogP contribution in [-0.4, -0.2) is 53.6 Å². The van der Waals surface area contributed by atoms with Crippen LogP contribution in [-0.2, 0) is 4.79 Å². The van der Waals surface area contributed by atoms with E-state index < -0.39 is 0 Å². The topological polar surface area (TPSA) is 78.4 Å². The number of hydrogen-bond donors (Lipinski definition) is 1. The first-order valence-electron chi connectivity index (χ1n) is 8.24. The van der Waals surface area contributed by atoms with Gasteiger partial charge in [-0.1, -0.05) is 12.1 Å². The van der Waals surface area contributed by atoms with Crippen molar-refractivity contribution in [1.29, 1.82) is 0 Å². The lowest BCUT2D eigenvalue weighted by Crippen LogP contribution is -2.46. The Kier molecular flexibility index (Phi) is 4.92. The van der Waals surface area contributed by atoms with Crippen LogP contribution in [0, 0.1) is 13.8 Å². The highest BCUT2D eigenvalue weighted by atomic mass is 16.2. The van der Waals surface area contributed by atoms with Crippen LogP contribution in [0.3, 0.4) is 0 Å². The highest BCUT2D eigenvalue weighted by molar-refractivity contribution is 6.03. The number of aromatic nitrogens is 2. The van der Waals surface area contributed by atoms with Crippen LogP contribution < -0.4 is 10.2 Å². The minimum atomic E-state index is -0.279. The molecule has 7 heteroatoms. The number of rotatable bonds is 4. The normalized spacial score (nSPS) is 14.3. The molecule has 1 saturated heterocycles. The smallest absolute Gasteiger partial charge is 0.276 e. The summed E-state index contributed by atoms with van der Waals surface area (Å²) in [5, 5.41) is 11.1. The minimum Gasteiger partial charge on any atom is -0.352 e. The van der Waals surface area contributed by atoms with Crippen LogP contribution in [0.4, 0.5) is 11.5 Å². The summed E-state index contributed by atoms with van der Waals surface area (Å²) in [5.74, 6) is 0.437. The van der Waals surface area contributed by atoms with Crippen molar-refractivity contribution >= 4 is 23.8 Å². The zero-order valence-corrected chi connectivity index (χ0v) is 14.4. The molecule has 1 fully saturated rings. The van der Waals surface area contributed by atoms with Crippen molar-refractivity contribution in [2.24, 2.45) is 0 Å². The molecule has 7 nitrogen and oxygen atoms in total.